The first-order valence-electron chi connectivity index (χ1n) is 10.6. The molecule has 32 heavy (non-hydrogen) atoms. The number of benzene rings is 3. The summed E-state index contributed by atoms with van der Waals surface area (Å²) in [6.07, 6.45) is 0.418. The summed E-state index contributed by atoms with van der Waals surface area (Å²) >= 11 is 6.38. The highest BCUT2D eigenvalue weighted by atomic mass is 35.5. The van der Waals surface area contributed by atoms with Crippen LogP contribution in [0.15, 0.2) is 78.9 Å². The molecular weight excluding hydrogens is 427 g/mol. The van der Waals surface area contributed by atoms with E-state index < -0.39 is 6.04 Å². The number of halogens is 2. The highest BCUT2D eigenvalue weighted by Gasteiger charge is 2.30. The molecule has 0 aliphatic rings. The lowest BCUT2D eigenvalue weighted by atomic mass is 10.0. The fraction of sp³-hybridized carbons (Fsp3) is 0.231. The zero-order chi connectivity index (χ0) is 22.9. The third kappa shape index (κ3) is 6.41. The number of rotatable bonds is 9. The number of hydrogen-bond donors (Lipinski definition) is 1. The van der Waals surface area contributed by atoms with Gasteiger partial charge in [0.2, 0.25) is 11.8 Å². The molecule has 0 saturated carbocycles. The van der Waals surface area contributed by atoms with Crippen LogP contribution in [0.25, 0.3) is 0 Å². The maximum Gasteiger partial charge on any atom is 0.243 e. The number of nitrogens with zero attached hydrogens (tertiary/aromatic N) is 1. The molecule has 1 unspecified atom stereocenters. The smallest absolute Gasteiger partial charge is 0.243 e. The predicted octanol–water partition coefficient (Wildman–Crippen LogP) is 4.80. The quantitative estimate of drug-likeness (QED) is 0.507. The van der Waals surface area contributed by atoms with Crippen LogP contribution in [0.2, 0.25) is 5.02 Å². The summed E-state index contributed by atoms with van der Waals surface area (Å²) in [5, 5.41) is 3.39. The SMILES string of the molecule is CCNC(=O)C(Cc1ccccc1)N(Cc1ccccc1Cl)C(=O)Cc1ccc(F)cc1. The van der Waals surface area contributed by atoms with Gasteiger partial charge in [0.25, 0.3) is 0 Å². The first kappa shape index (κ1) is 23.5. The van der Waals surface area contributed by atoms with Crippen molar-refractivity contribution in [3.63, 3.8) is 0 Å². The van der Waals surface area contributed by atoms with Gasteiger partial charge >= 0.3 is 0 Å². The summed E-state index contributed by atoms with van der Waals surface area (Å²) in [5.74, 6) is -0.821. The van der Waals surface area contributed by atoms with E-state index in [-0.39, 0.29) is 30.6 Å². The van der Waals surface area contributed by atoms with E-state index in [1.54, 1.807) is 23.1 Å². The predicted molar refractivity (Wildman–Crippen MR) is 125 cm³/mol. The fourth-order valence-corrected chi connectivity index (χ4v) is 3.73. The van der Waals surface area contributed by atoms with E-state index in [1.807, 2.05) is 55.5 Å². The summed E-state index contributed by atoms with van der Waals surface area (Å²) in [7, 11) is 0. The molecule has 3 aromatic carbocycles. The lowest BCUT2D eigenvalue weighted by Gasteiger charge is -2.32. The number of hydrogen-bond acceptors (Lipinski definition) is 2. The Bertz CT molecular complexity index is 1040. The summed E-state index contributed by atoms with van der Waals surface area (Å²) < 4.78 is 13.3. The van der Waals surface area contributed by atoms with Crippen molar-refractivity contribution in [1.29, 1.82) is 0 Å². The molecule has 0 saturated heterocycles. The Balaban J connectivity index is 1.95. The van der Waals surface area contributed by atoms with Crippen molar-refractivity contribution in [2.75, 3.05) is 6.54 Å². The van der Waals surface area contributed by atoms with E-state index in [0.717, 1.165) is 11.1 Å². The molecule has 0 aromatic heterocycles. The van der Waals surface area contributed by atoms with E-state index in [0.29, 0.717) is 23.6 Å². The van der Waals surface area contributed by atoms with Crippen LogP contribution in [0.3, 0.4) is 0 Å². The first-order valence-corrected chi connectivity index (χ1v) is 10.9. The van der Waals surface area contributed by atoms with Gasteiger partial charge in [0.15, 0.2) is 0 Å². The Labute approximate surface area is 193 Å². The van der Waals surface area contributed by atoms with Crippen molar-refractivity contribution in [1.82, 2.24) is 10.2 Å². The van der Waals surface area contributed by atoms with Crippen LogP contribution < -0.4 is 5.32 Å². The molecule has 0 fully saturated rings. The lowest BCUT2D eigenvalue weighted by molar-refractivity contribution is -0.140. The molecule has 3 aromatic rings. The number of amides is 2. The van der Waals surface area contributed by atoms with E-state index >= 15 is 0 Å². The number of nitrogens with one attached hydrogen (secondary N) is 1. The second-order valence-electron chi connectivity index (χ2n) is 7.52. The topological polar surface area (TPSA) is 49.4 Å². The Kier molecular flexibility index (Phi) is 8.40. The van der Waals surface area contributed by atoms with Crippen LogP contribution in [0.1, 0.15) is 23.6 Å². The average molecular weight is 453 g/mol. The molecule has 6 heteroatoms. The standard InChI is InChI=1S/C26H26ClFN2O2/c1-2-29-26(32)24(16-19-8-4-3-5-9-19)30(18-21-10-6-7-11-23(21)27)25(31)17-20-12-14-22(28)15-13-20/h3-15,24H,2,16-18H2,1H3,(H,29,32). The molecule has 0 spiro atoms. The van der Waals surface area contributed by atoms with Crippen molar-refractivity contribution in [3.8, 4) is 0 Å². The molecule has 1 atom stereocenters. The minimum Gasteiger partial charge on any atom is -0.355 e. The summed E-state index contributed by atoms with van der Waals surface area (Å²) in [4.78, 5) is 28.1. The Morgan fingerprint density at radius 2 is 1.59 bits per heavy atom. The van der Waals surface area contributed by atoms with Gasteiger partial charge in [0, 0.05) is 24.5 Å². The maximum atomic E-state index is 13.5. The third-order valence-electron chi connectivity index (χ3n) is 5.19. The van der Waals surface area contributed by atoms with Crippen LogP contribution in [-0.2, 0) is 29.0 Å². The summed E-state index contributed by atoms with van der Waals surface area (Å²) in [5.41, 5.74) is 2.38. The second-order valence-corrected chi connectivity index (χ2v) is 7.92. The van der Waals surface area contributed by atoms with Crippen LogP contribution in [-0.4, -0.2) is 29.3 Å². The van der Waals surface area contributed by atoms with Gasteiger partial charge in [-0.1, -0.05) is 72.3 Å². The van der Waals surface area contributed by atoms with Crippen LogP contribution in [0.5, 0.6) is 0 Å². The normalized spacial score (nSPS) is 11.6. The molecule has 3 rings (SSSR count). The van der Waals surface area contributed by atoms with E-state index in [4.69, 9.17) is 11.6 Å². The maximum absolute atomic E-state index is 13.5. The van der Waals surface area contributed by atoms with Gasteiger partial charge in [-0.05, 0) is 41.8 Å². The minimum absolute atomic E-state index is 0.0510. The summed E-state index contributed by atoms with van der Waals surface area (Å²) in [6, 6.07) is 22.0. The molecule has 0 radical (unpaired) electrons. The zero-order valence-corrected chi connectivity index (χ0v) is 18.7. The van der Waals surface area contributed by atoms with Crippen molar-refractivity contribution in [2.45, 2.75) is 32.4 Å². The number of carbonyl (C=O) groups is 2. The van der Waals surface area contributed by atoms with Gasteiger partial charge < -0.3 is 10.2 Å². The van der Waals surface area contributed by atoms with Crippen molar-refractivity contribution < 1.29 is 14.0 Å². The summed E-state index contributed by atoms with van der Waals surface area (Å²) in [6.45, 7) is 2.49. The monoisotopic (exact) mass is 452 g/mol. The Morgan fingerprint density at radius 1 is 0.938 bits per heavy atom. The molecule has 4 nitrogen and oxygen atoms in total. The molecule has 2 amide bonds. The van der Waals surface area contributed by atoms with Gasteiger partial charge in [-0.2, -0.15) is 0 Å². The highest BCUT2D eigenvalue weighted by molar-refractivity contribution is 6.31. The average Bonchev–Trinajstić information content (AvgIpc) is 2.79. The molecule has 0 aliphatic heterocycles. The van der Waals surface area contributed by atoms with Gasteiger partial charge in [0.05, 0.1) is 6.42 Å². The number of likely N-dealkylation sites (N-methyl/N-ethyl adjacent to an activating group) is 1. The van der Waals surface area contributed by atoms with Gasteiger partial charge in [-0.3, -0.25) is 9.59 Å². The Hall–Kier alpha value is -3.18. The number of carbonyl (C=O) groups excluding carboxylic acids is 2. The van der Waals surface area contributed by atoms with Gasteiger partial charge in [-0.15, -0.1) is 0 Å². The molecule has 0 bridgehead atoms. The molecular formula is C26H26ClFN2O2. The van der Waals surface area contributed by atoms with Crippen LogP contribution in [0.4, 0.5) is 4.39 Å². The van der Waals surface area contributed by atoms with E-state index in [1.165, 1.54) is 12.1 Å². The van der Waals surface area contributed by atoms with Crippen molar-refractivity contribution >= 4 is 23.4 Å². The Morgan fingerprint density at radius 3 is 2.25 bits per heavy atom. The van der Waals surface area contributed by atoms with Crippen molar-refractivity contribution in [3.05, 3.63) is 106 Å². The van der Waals surface area contributed by atoms with E-state index in [9.17, 15) is 14.0 Å². The van der Waals surface area contributed by atoms with Crippen LogP contribution in [0, 0.1) is 5.82 Å². The largest absolute Gasteiger partial charge is 0.355 e. The highest BCUT2D eigenvalue weighted by Crippen LogP contribution is 2.21. The molecule has 166 valence electrons. The lowest BCUT2D eigenvalue weighted by Crippen LogP contribution is -2.51. The van der Waals surface area contributed by atoms with Gasteiger partial charge in [0.1, 0.15) is 11.9 Å². The third-order valence-corrected chi connectivity index (χ3v) is 5.56. The molecule has 0 aliphatic carbocycles. The van der Waals surface area contributed by atoms with Crippen molar-refractivity contribution in [2.24, 2.45) is 0 Å². The second kappa shape index (κ2) is 11.4. The van der Waals surface area contributed by atoms with E-state index in [2.05, 4.69) is 5.32 Å². The fourth-order valence-electron chi connectivity index (χ4n) is 3.53. The molecule has 1 N–H and O–H groups in total. The van der Waals surface area contributed by atoms with Gasteiger partial charge in [-0.25, -0.2) is 4.39 Å². The molecule has 0 heterocycles. The minimum atomic E-state index is -0.721. The first-order chi connectivity index (χ1) is 15.5. The van der Waals surface area contributed by atoms with Crippen LogP contribution >= 0.6 is 11.6 Å². The zero-order valence-electron chi connectivity index (χ0n) is 17.9.